The van der Waals surface area contributed by atoms with Crippen LogP contribution in [0.15, 0.2) is 28.9 Å². The molecule has 0 bridgehead atoms. The zero-order valence-corrected chi connectivity index (χ0v) is 11.7. The van der Waals surface area contributed by atoms with Gasteiger partial charge in [-0.3, -0.25) is 4.98 Å². The molecule has 7 heteroatoms. The molecule has 0 saturated carbocycles. The van der Waals surface area contributed by atoms with Gasteiger partial charge in [-0.05, 0) is 18.2 Å². The standard InChI is InChI=1S/C15H10N6O/c1-8-18-14(21-22-8)5-13-19-12-7-17-11-3-2-9(6-16)4-10(11)15(12)20-13/h2-4,7H,5H2,1H3,(H,19,20). The Morgan fingerprint density at radius 2 is 2.18 bits per heavy atom. The van der Waals surface area contributed by atoms with Gasteiger partial charge in [0.2, 0.25) is 5.89 Å². The summed E-state index contributed by atoms with van der Waals surface area (Å²) in [4.78, 5) is 16.3. The van der Waals surface area contributed by atoms with E-state index in [0.717, 1.165) is 27.8 Å². The number of imidazole rings is 1. The van der Waals surface area contributed by atoms with Crippen molar-refractivity contribution in [2.45, 2.75) is 13.3 Å². The normalized spacial score (nSPS) is 11.1. The number of aryl methyl sites for hydroxylation is 1. The molecule has 106 valence electrons. The first-order valence-electron chi connectivity index (χ1n) is 6.69. The zero-order chi connectivity index (χ0) is 15.1. The largest absolute Gasteiger partial charge is 0.341 e. The number of H-pyrrole nitrogens is 1. The van der Waals surface area contributed by atoms with Gasteiger partial charge in [0.05, 0.1) is 35.3 Å². The Balaban J connectivity index is 1.85. The third-order valence-electron chi connectivity index (χ3n) is 3.40. The summed E-state index contributed by atoms with van der Waals surface area (Å²) in [5.74, 6) is 1.83. The number of nitrogens with one attached hydrogen (secondary N) is 1. The fourth-order valence-corrected chi connectivity index (χ4v) is 2.43. The fraction of sp³-hybridized carbons (Fsp3) is 0.133. The van der Waals surface area contributed by atoms with E-state index < -0.39 is 0 Å². The van der Waals surface area contributed by atoms with Gasteiger partial charge in [-0.1, -0.05) is 5.16 Å². The van der Waals surface area contributed by atoms with Crippen LogP contribution >= 0.6 is 0 Å². The minimum atomic E-state index is 0.450. The van der Waals surface area contributed by atoms with Gasteiger partial charge < -0.3 is 9.51 Å². The number of rotatable bonds is 2. The number of fused-ring (bicyclic) bond motifs is 3. The van der Waals surface area contributed by atoms with E-state index in [2.05, 4.69) is 31.2 Å². The minimum Gasteiger partial charge on any atom is -0.341 e. The van der Waals surface area contributed by atoms with E-state index in [1.165, 1.54) is 0 Å². The van der Waals surface area contributed by atoms with E-state index in [1.807, 2.05) is 12.1 Å². The van der Waals surface area contributed by atoms with E-state index in [0.29, 0.717) is 23.7 Å². The quantitative estimate of drug-likeness (QED) is 0.607. The number of hydrogen-bond acceptors (Lipinski definition) is 6. The van der Waals surface area contributed by atoms with Gasteiger partial charge in [-0.2, -0.15) is 10.2 Å². The molecular formula is C15H10N6O. The number of hydrogen-bond donors (Lipinski definition) is 1. The van der Waals surface area contributed by atoms with Crippen LogP contribution in [-0.4, -0.2) is 25.1 Å². The molecule has 3 aromatic heterocycles. The zero-order valence-electron chi connectivity index (χ0n) is 11.7. The molecule has 0 aliphatic heterocycles. The second-order valence-corrected chi connectivity index (χ2v) is 4.95. The molecular weight excluding hydrogens is 280 g/mol. The highest BCUT2D eigenvalue weighted by atomic mass is 16.5. The number of nitriles is 1. The molecule has 7 nitrogen and oxygen atoms in total. The van der Waals surface area contributed by atoms with Crippen molar-refractivity contribution in [1.29, 1.82) is 5.26 Å². The summed E-state index contributed by atoms with van der Waals surface area (Å²) in [5.41, 5.74) is 3.01. The number of benzene rings is 1. The summed E-state index contributed by atoms with van der Waals surface area (Å²) in [6.45, 7) is 1.75. The third-order valence-corrected chi connectivity index (χ3v) is 3.40. The molecule has 0 atom stereocenters. The van der Waals surface area contributed by atoms with Gasteiger partial charge in [0, 0.05) is 12.3 Å². The Morgan fingerprint density at radius 1 is 1.27 bits per heavy atom. The highest BCUT2D eigenvalue weighted by Crippen LogP contribution is 2.23. The molecule has 22 heavy (non-hydrogen) atoms. The van der Waals surface area contributed by atoms with Crippen molar-refractivity contribution in [3.8, 4) is 6.07 Å². The highest BCUT2D eigenvalue weighted by Gasteiger charge is 2.11. The number of aromatic amines is 1. The third kappa shape index (κ3) is 1.98. The molecule has 1 aromatic carbocycles. The van der Waals surface area contributed by atoms with Gasteiger partial charge in [0.25, 0.3) is 0 Å². The number of aromatic nitrogens is 5. The summed E-state index contributed by atoms with van der Waals surface area (Å²) in [6.07, 6.45) is 2.16. The molecule has 0 aliphatic rings. The summed E-state index contributed by atoms with van der Waals surface area (Å²) >= 11 is 0. The van der Waals surface area contributed by atoms with Crippen LogP contribution in [0.1, 0.15) is 23.1 Å². The Bertz CT molecular complexity index is 1040. The lowest BCUT2D eigenvalue weighted by Crippen LogP contribution is -1.92. The highest BCUT2D eigenvalue weighted by molar-refractivity contribution is 6.02. The lowest BCUT2D eigenvalue weighted by Gasteiger charge is -1.98. The predicted octanol–water partition coefficient (Wildman–Crippen LogP) is 2.26. The van der Waals surface area contributed by atoms with E-state index in [-0.39, 0.29) is 0 Å². The van der Waals surface area contributed by atoms with Crippen molar-refractivity contribution >= 4 is 21.9 Å². The van der Waals surface area contributed by atoms with E-state index in [4.69, 9.17) is 9.78 Å². The molecule has 0 unspecified atom stereocenters. The fourth-order valence-electron chi connectivity index (χ4n) is 2.43. The first-order valence-corrected chi connectivity index (χ1v) is 6.69. The van der Waals surface area contributed by atoms with Crippen LogP contribution in [0.25, 0.3) is 21.9 Å². The second-order valence-electron chi connectivity index (χ2n) is 4.95. The molecule has 0 amide bonds. The summed E-state index contributed by atoms with van der Waals surface area (Å²) in [6, 6.07) is 7.53. The van der Waals surface area contributed by atoms with Gasteiger partial charge in [-0.15, -0.1) is 0 Å². The van der Waals surface area contributed by atoms with Crippen LogP contribution in [0.5, 0.6) is 0 Å². The average Bonchev–Trinajstić information content (AvgIpc) is 3.12. The summed E-state index contributed by atoms with van der Waals surface area (Å²) in [5, 5.41) is 13.8. The van der Waals surface area contributed by atoms with Gasteiger partial charge in [0.15, 0.2) is 5.82 Å². The lowest BCUT2D eigenvalue weighted by atomic mass is 10.1. The predicted molar refractivity (Wildman–Crippen MR) is 78.0 cm³/mol. The summed E-state index contributed by atoms with van der Waals surface area (Å²) < 4.78 is 4.96. The van der Waals surface area contributed by atoms with E-state index >= 15 is 0 Å². The van der Waals surface area contributed by atoms with Crippen LogP contribution in [0.3, 0.4) is 0 Å². The van der Waals surface area contributed by atoms with Gasteiger partial charge >= 0.3 is 0 Å². The maximum absolute atomic E-state index is 9.05. The lowest BCUT2D eigenvalue weighted by molar-refractivity contribution is 0.388. The molecule has 0 saturated heterocycles. The molecule has 4 rings (SSSR count). The smallest absolute Gasteiger partial charge is 0.223 e. The second kappa shape index (κ2) is 4.63. The maximum atomic E-state index is 9.05. The van der Waals surface area contributed by atoms with Crippen molar-refractivity contribution in [1.82, 2.24) is 25.1 Å². The van der Waals surface area contributed by atoms with Crippen molar-refractivity contribution in [3.63, 3.8) is 0 Å². The first-order chi connectivity index (χ1) is 10.7. The molecule has 1 N–H and O–H groups in total. The Hall–Kier alpha value is -3.27. The van der Waals surface area contributed by atoms with Crippen molar-refractivity contribution in [3.05, 3.63) is 47.5 Å². The van der Waals surface area contributed by atoms with Crippen LogP contribution in [0, 0.1) is 18.3 Å². The molecule has 0 radical (unpaired) electrons. The molecule has 0 aliphatic carbocycles. The van der Waals surface area contributed by atoms with Crippen molar-refractivity contribution < 1.29 is 4.52 Å². The molecule has 0 fully saturated rings. The molecule has 4 aromatic rings. The monoisotopic (exact) mass is 290 g/mol. The van der Waals surface area contributed by atoms with Crippen LogP contribution in [0.2, 0.25) is 0 Å². The topological polar surface area (TPSA) is 104 Å². The first kappa shape index (κ1) is 12.5. The van der Waals surface area contributed by atoms with E-state index in [9.17, 15) is 0 Å². The van der Waals surface area contributed by atoms with Gasteiger partial charge in [0.1, 0.15) is 11.3 Å². The van der Waals surface area contributed by atoms with E-state index in [1.54, 1.807) is 19.2 Å². The maximum Gasteiger partial charge on any atom is 0.223 e. The molecule has 0 spiro atoms. The Morgan fingerprint density at radius 3 is 2.95 bits per heavy atom. The Labute approximate surface area is 124 Å². The van der Waals surface area contributed by atoms with Crippen molar-refractivity contribution in [2.75, 3.05) is 0 Å². The van der Waals surface area contributed by atoms with Crippen LogP contribution in [-0.2, 0) is 6.42 Å². The Kier molecular flexibility index (Phi) is 2.63. The minimum absolute atomic E-state index is 0.450. The number of nitrogens with zero attached hydrogens (tertiary/aromatic N) is 5. The van der Waals surface area contributed by atoms with Gasteiger partial charge in [-0.25, -0.2) is 4.98 Å². The van der Waals surface area contributed by atoms with Crippen LogP contribution in [0.4, 0.5) is 0 Å². The SMILES string of the molecule is Cc1nc(Cc2nc3cnc4ccc(C#N)cc4c3[nH]2)no1. The summed E-state index contributed by atoms with van der Waals surface area (Å²) in [7, 11) is 0. The molecule has 3 heterocycles. The van der Waals surface area contributed by atoms with Crippen molar-refractivity contribution in [2.24, 2.45) is 0 Å². The number of pyridine rings is 1. The average molecular weight is 290 g/mol. The van der Waals surface area contributed by atoms with Crippen LogP contribution < -0.4 is 0 Å².